The van der Waals surface area contributed by atoms with E-state index in [1.807, 2.05) is 11.7 Å². The lowest BCUT2D eigenvalue weighted by Crippen LogP contribution is -2.07. The molecule has 0 N–H and O–H groups in total. The Kier molecular flexibility index (Phi) is 4.37. The fraction of sp³-hybridized carbons (Fsp3) is 0.273. The molecule has 0 unspecified atom stereocenters. The van der Waals surface area contributed by atoms with E-state index in [4.69, 9.17) is 4.98 Å². The van der Waals surface area contributed by atoms with Crippen molar-refractivity contribution in [2.45, 2.75) is 39.5 Å². The quantitative estimate of drug-likeness (QED) is 0.421. The van der Waals surface area contributed by atoms with Gasteiger partial charge in [0.2, 0.25) is 0 Å². The van der Waals surface area contributed by atoms with Gasteiger partial charge in [0.1, 0.15) is 5.82 Å². The summed E-state index contributed by atoms with van der Waals surface area (Å²) in [6.07, 6.45) is 3.98. The fourth-order valence-corrected chi connectivity index (χ4v) is 4.33. The maximum atomic E-state index is 4.74. The van der Waals surface area contributed by atoms with Crippen molar-refractivity contribution in [3.63, 3.8) is 0 Å². The number of benzene rings is 2. The second kappa shape index (κ2) is 6.69. The molecular formula is C22H23N3S. The van der Waals surface area contributed by atoms with E-state index >= 15 is 0 Å². The van der Waals surface area contributed by atoms with Crippen LogP contribution >= 0.6 is 11.3 Å². The van der Waals surface area contributed by atoms with Crippen LogP contribution in [0.2, 0.25) is 0 Å². The molecule has 0 aliphatic rings. The molecule has 0 radical (unpaired) electrons. The standard InChI is InChI=1S/C22H23N3S/c1-14(2)16-7-5-8-17(15(3)4)20(16)25-12-11-23-22(25)18-9-6-10-19-21(18)26-13-24-19/h5-15H,1-4H3. The van der Waals surface area contributed by atoms with Crippen LogP contribution in [0.1, 0.15) is 50.7 Å². The third-order valence-corrected chi connectivity index (χ3v) is 5.70. The van der Waals surface area contributed by atoms with Crippen molar-refractivity contribution in [1.29, 1.82) is 0 Å². The van der Waals surface area contributed by atoms with Gasteiger partial charge in [-0.05, 0) is 35.1 Å². The summed E-state index contributed by atoms with van der Waals surface area (Å²) in [5.41, 5.74) is 8.06. The van der Waals surface area contributed by atoms with E-state index in [9.17, 15) is 0 Å². The lowest BCUT2D eigenvalue weighted by Gasteiger charge is -2.21. The van der Waals surface area contributed by atoms with Crippen LogP contribution in [0.15, 0.2) is 54.3 Å². The summed E-state index contributed by atoms with van der Waals surface area (Å²) >= 11 is 1.67. The molecule has 0 saturated carbocycles. The Bertz CT molecular complexity index is 1030. The number of hydrogen-bond acceptors (Lipinski definition) is 3. The minimum atomic E-state index is 0.443. The number of hydrogen-bond donors (Lipinski definition) is 0. The van der Waals surface area contributed by atoms with Gasteiger partial charge in [0, 0.05) is 18.0 Å². The predicted octanol–water partition coefficient (Wildman–Crippen LogP) is 6.40. The fourth-order valence-electron chi connectivity index (χ4n) is 3.54. The van der Waals surface area contributed by atoms with E-state index in [-0.39, 0.29) is 0 Å². The van der Waals surface area contributed by atoms with Crippen molar-refractivity contribution in [3.8, 4) is 17.1 Å². The molecular weight excluding hydrogens is 338 g/mol. The van der Waals surface area contributed by atoms with Crippen LogP contribution in [0, 0.1) is 0 Å². The average Bonchev–Trinajstić information content (AvgIpc) is 3.29. The Morgan fingerprint density at radius 2 is 1.58 bits per heavy atom. The molecule has 0 fully saturated rings. The molecule has 0 amide bonds. The molecule has 4 rings (SSSR count). The second-order valence-electron chi connectivity index (χ2n) is 7.22. The van der Waals surface area contributed by atoms with E-state index in [0.717, 1.165) is 16.9 Å². The van der Waals surface area contributed by atoms with Gasteiger partial charge in [-0.1, -0.05) is 52.0 Å². The molecule has 26 heavy (non-hydrogen) atoms. The zero-order valence-corrected chi connectivity index (χ0v) is 16.4. The Labute approximate surface area is 158 Å². The predicted molar refractivity (Wildman–Crippen MR) is 110 cm³/mol. The molecule has 0 aliphatic heterocycles. The summed E-state index contributed by atoms with van der Waals surface area (Å²) in [5, 5.41) is 0. The number of imidazole rings is 1. The maximum absolute atomic E-state index is 4.74. The van der Waals surface area contributed by atoms with Crippen LogP contribution in [0.25, 0.3) is 27.3 Å². The third kappa shape index (κ3) is 2.74. The largest absolute Gasteiger partial charge is 0.299 e. The van der Waals surface area contributed by atoms with Crippen LogP contribution in [-0.2, 0) is 0 Å². The molecule has 0 aliphatic carbocycles. The first-order chi connectivity index (χ1) is 12.6. The Balaban J connectivity index is 2.01. The number of rotatable bonds is 4. The van der Waals surface area contributed by atoms with Gasteiger partial charge < -0.3 is 0 Å². The molecule has 0 spiro atoms. The lowest BCUT2D eigenvalue weighted by atomic mass is 9.92. The number of nitrogens with zero attached hydrogens (tertiary/aromatic N) is 3. The number of aromatic nitrogens is 3. The number of thiazole rings is 1. The lowest BCUT2D eigenvalue weighted by molar-refractivity contribution is 0.807. The highest BCUT2D eigenvalue weighted by atomic mass is 32.1. The van der Waals surface area contributed by atoms with E-state index in [1.54, 1.807) is 11.3 Å². The van der Waals surface area contributed by atoms with Crippen molar-refractivity contribution < 1.29 is 0 Å². The first-order valence-corrected chi connectivity index (χ1v) is 9.95. The van der Waals surface area contributed by atoms with Crippen LogP contribution in [-0.4, -0.2) is 14.5 Å². The van der Waals surface area contributed by atoms with Crippen LogP contribution in [0.4, 0.5) is 0 Å². The minimum Gasteiger partial charge on any atom is -0.299 e. The molecule has 2 heterocycles. The summed E-state index contributed by atoms with van der Waals surface area (Å²) < 4.78 is 3.45. The minimum absolute atomic E-state index is 0.443. The average molecular weight is 362 g/mol. The SMILES string of the molecule is CC(C)c1cccc(C(C)C)c1-n1ccnc1-c1cccc2ncsc12. The van der Waals surface area contributed by atoms with Crippen molar-refractivity contribution in [3.05, 3.63) is 65.4 Å². The van der Waals surface area contributed by atoms with Gasteiger partial charge in [0.15, 0.2) is 0 Å². The summed E-state index contributed by atoms with van der Waals surface area (Å²) in [4.78, 5) is 9.20. The van der Waals surface area contributed by atoms with Crippen LogP contribution in [0.3, 0.4) is 0 Å². The normalized spacial score (nSPS) is 11.8. The van der Waals surface area contributed by atoms with Gasteiger partial charge in [0.05, 0.1) is 21.4 Å². The number of para-hydroxylation sites is 1. The van der Waals surface area contributed by atoms with Crippen LogP contribution < -0.4 is 0 Å². The van der Waals surface area contributed by atoms with Gasteiger partial charge in [-0.15, -0.1) is 11.3 Å². The Morgan fingerprint density at radius 1 is 0.885 bits per heavy atom. The Morgan fingerprint density at radius 3 is 2.27 bits per heavy atom. The zero-order valence-electron chi connectivity index (χ0n) is 15.6. The van der Waals surface area contributed by atoms with Gasteiger partial charge >= 0.3 is 0 Å². The molecule has 4 heteroatoms. The third-order valence-electron chi connectivity index (χ3n) is 4.82. The highest BCUT2D eigenvalue weighted by Crippen LogP contribution is 2.36. The summed E-state index contributed by atoms with van der Waals surface area (Å²) in [7, 11) is 0. The van der Waals surface area contributed by atoms with E-state index in [0.29, 0.717) is 11.8 Å². The monoisotopic (exact) mass is 361 g/mol. The van der Waals surface area contributed by atoms with Crippen LogP contribution in [0.5, 0.6) is 0 Å². The molecule has 3 nitrogen and oxygen atoms in total. The molecule has 0 bridgehead atoms. The maximum Gasteiger partial charge on any atom is 0.145 e. The van der Waals surface area contributed by atoms with E-state index < -0.39 is 0 Å². The summed E-state index contributed by atoms with van der Waals surface area (Å²) in [6.45, 7) is 9.01. The highest BCUT2D eigenvalue weighted by Gasteiger charge is 2.19. The molecule has 2 aromatic carbocycles. The molecule has 4 aromatic rings. The van der Waals surface area contributed by atoms with E-state index in [1.165, 1.54) is 21.5 Å². The van der Waals surface area contributed by atoms with Gasteiger partial charge in [0.25, 0.3) is 0 Å². The van der Waals surface area contributed by atoms with E-state index in [2.05, 4.69) is 79.8 Å². The molecule has 0 atom stereocenters. The summed E-state index contributed by atoms with van der Waals surface area (Å²) in [6, 6.07) is 12.9. The van der Waals surface area contributed by atoms with Crippen molar-refractivity contribution in [1.82, 2.24) is 14.5 Å². The number of fused-ring (bicyclic) bond motifs is 1. The molecule has 0 saturated heterocycles. The highest BCUT2D eigenvalue weighted by molar-refractivity contribution is 7.17. The first kappa shape index (κ1) is 17.0. The van der Waals surface area contributed by atoms with Crippen molar-refractivity contribution >= 4 is 21.6 Å². The van der Waals surface area contributed by atoms with Crippen molar-refractivity contribution in [2.24, 2.45) is 0 Å². The summed E-state index contributed by atoms with van der Waals surface area (Å²) in [5.74, 6) is 1.87. The first-order valence-electron chi connectivity index (χ1n) is 9.07. The molecule has 2 aromatic heterocycles. The van der Waals surface area contributed by atoms with Gasteiger partial charge in [-0.25, -0.2) is 9.97 Å². The smallest absolute Gasteiger partial charge is 0.145 e. The van der Waals surface area contributed by atoms with Crippen molar-refractivity contribution in [2.75, 3.05) is 0 Å². The Hall–Kier alpha value is -2.46. The topological polar surface area (TPSA) is 30.7 Å². The second-order valence-corrected chi connectivity index (χ2v) is 8.08. The van der Waals surface area contributed by atoms with Gasteiger partial charge in [-0.2, -0.15) is 0 Å². The van der Waals surface area contributed by atoms with Gasteiger partial charge in [-0.3, -0.25) is 4.57 Å². The molecule has 132 valence electrons. The zero-order chi connectivity index (χ0) is 18.3.